The third kappa shape index (κ3) is 2.67. The van der Waals surface area contributed by atoms with Gasteiger partial charge in [0, 0.05) is 17.0 Å². The first-order chi connectivity index (χ1) is 9.54. The van der Waals surface area contributed by atoms with Crippen molar-refractivity contribution in [1.29, 1.82) is 0 Å². The predicted octanol–water partition coefficient (Wildman–Crippen LogP) is 5.26. The number of anilines is 1. The van der Waals surface area contributed by atoms with E-state index in [4.69, 9.17) is 0 Å². The Morgan fingerprint density at radius 3 is 2.80 bits per heavy atom. The molecule has 0 radical (unpaired) electrons. The molecule has 1 atom stereocenters. The molecule has 0 saturated heterocycles. The molecule has 0 aliphatic heterocycles. The second kappa shape index (κ2) is 5.55. The van der Waals surface area contributed by atoms with Crippen LogP contribution in [0.4, 0.5) is 18.9 Å². The van der Waals surface area contributed by atoms with Crippen molar-refractivity contribution in [2.24, 2.45) is 0 Å². The summed E-state index contributed by atoms with van der Waals surface area (Å²) >= 11 is 3.98. The fourth-order valence-corrected chi connectivity index (χ4v) is 4.64. The molecule has 1 unspecified atom stereocenters. The van der Waals surface area contributed by atoms with E-state index in [0.29, 0.717) is 6.07 Å². The number of hydrogen-bond donors (Lipinski definition) is 1. The minimum absolute atomic E-state index is 0.0887. The largest absolute Gasteiger partial charge is 0.376 e. The summed E-state index contributed by atoms with van der Waals surface area (Å²) in [5.74, 6) is -2.96. The summed E-state index contributed by atoms with van der Waals surface area (Å²) in [6.07, 6.45) is 2.83. The van der Waals surface area contributed by atoms with Crippen molar-refractivity contribution in [3.63, 3.8) is 0 Å². The van der Waals surface area contributed by atoms with Crippen LogP contribution in [0.1, 0.15) is 29.3 Å². The molecule has 0 saturated carbocycles. The van der Waals surface area contributed by atoms with E-state index in [2.05, 4.69) is 34.0 Å². The van der Waals surface area contributed by atoms with E-state index < -0.39 is 17.5 Å². The number of thiophene rings is 1. The van der Waals surface area contributed by atoms with Gasteiger partial charge in [-0.25, -0.2) is 13.2 Å². The topological polar surface area (TPSA) is 12.0 Å². The number of nitrogens with one attached hydrogen (secondary N) is 1. The maximum Gasteiger partial charge on any atom is 0.182 e. The quantitative estimate of drug-likeness (QED) is 0.527. The molecule has 3 rings (SSSR count). The van der Waals surface area contributed by atoms with Gasteiger partial charge < -0.3 is 5.32 Å². The molecule has 1 aliphatic rings. The SMILES string of the molecule is Fc1cc(F)c(F)c(NC2CCCc3sc(I)cc32)c1. The Labute approximate surface area is 132 Å². The standard InChI is InChI=1S/C14H11F3INS/c15-7-4-9(16)14(17)11(5-7)19-10-2-1-3-12-8(10)6-13(18)20-12/h4-6,10,19H,1-3H2. The monoisotopic (exact) mass is 409 g/mol. The fraction of sp³-hybridized carbons (Fsp3) is 0.286. The van der Waals surface area contributed by atoms with Crippen LogP contribution in [0.5, 0.6) is 0 Å². The molecule has 0 amide bonds. The van der Waals surface area contributed by atoms with Crippen LogP contribution in [-0.2, 0) is 6.42 Å². The summed E-state index contributed by atoms with van der Waals surface area (Å²) in [6.45, 7) is 0. The van der Waals surface area contributed by atoms with E-state index in [1.54, 1.807) is 11.3 Å². The molecule has 6 heteroatoms. The molecule has 0 fully saturated rings. The molecule has 0 bridgehead atoms. The Morgan fingerprint density at radius 2 is 2.00 bits per heavy atom. The van der Waals surface area contributed by atoms with Gasteiger partial charge in [0.2, 0.25) is 0 Å². The van der Waals surface area contributed by atoms with Gasteiger partial charge in [0.25, 0.3) is 0 Å². The highest BCUT2D eigenvalue weighted by molar-refractivity contribution is 14.1. The average molecular weight is 409 g/mol. The van der Waals surface area contributed by atoms with Crippen molar-refractivity contribution in [3.8, 4) is 0 Å². The van der Waals surface area contributed by atoms with E-state index in [1.165, 1.54) is 7.76 Å². The highest BCUT2D eigenvalue weighted by Gasteiger charge is 2.24. The normalized spacial score (nSPS) is 17.9. The molecule has 1 heterocycles. The Kier molecular flexibility index (Phi) is 3.94. The Bertz CT molecular complexity index is 656. The van der Waals surface area contributed by atoms with Gasteiger partial charge in [-0.2, -0.15) is 0 Å². The smallest absolute Gasteiger partial charge is 0.182 e. The average Bonchev–Trinajstić information content (AvgIpc) is 2.76. The van der Waals surface area contributed by atoms with Crippen LogP contribution >= 0.6 is 33.9 Å². The predicted molar refractivity (Wildman–Crippen MR) is 82.7 cm³/mol. The lowest BCUT2D eigenvalue weighted by molar-refractivity contribution is 0.494. The second-order valence-corrected chi connectivity index (χ2v) is 7.80. The Balaban J connectivity index is 1.93. The van der Waals surface area contributed by atoms with Gasteiger partial charge in [0.15, 0.2) is 11.6 Å². The van der Waals surface area contributed by atoms with E-state index in [9.17, 15) is 13.2 Å². The maximum absolute atomic E-state index is 13.7. The Hall–Kier alpha value is -0.760. The highest BCUT2D eigenvalue weighted by Crippen LogP contribution is 2.38. The zero-order valence-electron chi connectivity index (χ0n) is 10.4. The van der Waals surface area contributed by atoms with Crippen molar-refractivity contribution in [2.45, 2.75) is 25.3 Å². The van der Waals surface area contributed by atoms with Crippen molar-refractivity contribution in [3.05, 3.63) is 49.0 Å². The number of hydrogen-bond acceptors (Lipinski definition) is 2. The summed E-state index contributed by atoms with van der Waals surface area (Å²) in [6, 6.07) is 3.53. The number of rotatable bonds is 2. The van der Waals surface area contributed by atoms with Gasteiger partial charge in [-0.3, -0.25) is 0 Å². The van der Waals surface area contributed by atoms with Gasteiger partial charge in [-0.15, -0.1) is 11.3 Å². The minimum Gasteiger partial charge on any atom is -0.376 e. The Morgan fingerprint density at radius 1 is 1.20 bits per heavy atom. The summed E-state index contributed by atoms with van der Waals surface area (Å²) < 4.78 is 41.3. The molecule has 106 valence electrons. The molecule has 1 aliphatic carbocycles. The fourth-order valence-electron chi connectivity index (χ4n) is 2.52. The van der Waals surface area contributed by atoms with Gasteiger partial charge >= 0.3 is 0 Å². The third-order valence-corrected chi connectivity index (χ3v) is 5.38. The van der Waals surface area contributed by atoms with Gasteiger partial charge in [-0.05, 0) is 53.5 Å². The highest BCUT2D eigenvalue weighted by atomic mass is 127. The van der Waals surface area contributed by atoms with E-state index in [-0.39, 0.29) is 11.7 Å². The van der Waals surface area contributed by atoms with Gasteiger partial charge in [-0.1, -0.05) is 0 Å². The van der Waals surface area contributed by atoms with Crippen LogP contribution in [-0.4, -0.2) is 0 Å². The zero-order chi connectivity index (χ0) is 14.3. The van der Waals surface area contributed by atoms with Gasteiger partial charge in [0.1, 0.15) is 5.82 Å². The van der Waals surface area contributed by atoms with E-state index >= 15 is 0 Å². The first kappa shape index (κ1) is 14.2. The second-order valence-electron chi connectivity index (χ2n) is 4.77. The minimum atomic E-state index is -1.16. The van der Waals surface area contributed by atoms with Crippen LogP contribution < -0.4 is 5.32 Å². The lowest BCUT2D eigenvalue weighted by Gasteiger charge is -2.25. The molecule has 1 nitrogen and oxygen atoms in total. The number of halogens is 4. The van der Waals surface area contributed by atoms with Crippen LogP contribution in [0.2, 0.25) is 0 Å². The lowest BCUT2D eigenvalue weighted by atomic mass is 9.94. The number of aryl methyl sites for hydroxylation is 1. The maximum atomic E-state index is 13.7. The summed E-state index contributed by atoms with van der Waals surface area (Å²) in [5.41, 5.74) is 1.01. The number of benzene rings is 1. The van der Waals surface area contributed by atoms with Crippen LogP contribution in [0.25, 0.3) is 0 Å². The summed E-state index contributed by atoms with van der Waals surface area (Å²) in [7, 11) is 0. The van der Waals surface area contributed by atoms with Gasteiger partial charge in [0.05, 0.1) is 14.6 Å². The molecule has 2 aromatic rings. The first-order valence-electron chi connectivity index (χ1n) is 6.24. The summed E-state index contributed by atoms with van der Waals surface area (Å²) in [5, 5.41) is 2.95. The molecule has 1 aromatic heterocycles. The van der Waals surface area contributed by atoms with Crippen molar-refractivity contribution >= 4 is 39.6 Å². The summed E-state index contributed by atoms with van der Waals surface area (Å²) in [4.78, 5) is 1.27. The molecule has 1 N–H and O–H groups in total. The third-order valence-electron chi connectivity index (χ3n) is 3.41. The molecular weight excluding hydrogens is 398 g/mol. The van der Waals surface area contributed by atoms with Crippen molar-refractivity contribution in [1.82, 2.24) is 0 Å². The van der Waals surface area contributed by atoms with Crippen molar-refractivity contribution in [2.75, 3.05) is 5.32 Å². The van der Waals surface area contributed by atoms with E-state index in [0.717, 1.165) is 30.9 Å². The van der Waals surface area contributed by atoms with Crippen LogP contribution in [0.15, 0.2) is 18.2 Å². The van der Waals surface area contributed by atoms with E-state index in [1.807, 2.05) is 0 Å². The lowest BCUT2D eigenvalue weighted by Crippen LogP contribution is -2.16. The van der Waals surface area contributed by atoms with Crippen LogP contribution in [0, 0.1) is 20.3 Å². The molecular formula is C14H11F3INS. The zero-order valence-corrected chi connectivity index (χ0v) is 13.3. The molecule has 20 heavy (non-hydrogen) atoms. The number of fused-ring (bicyclic) bond motifs is 1. The molecule has 0 spiro atoms. The van der Waals surface area contributed by atoms with Crippen molar-refractivity contribution < 1.29 is 13.2 Å². The molecule has 1 aromatic carbocycles. The first-order valence-corrected chi connectivity index (χ1v) is 8.13. The van der Waals surface area contributed by atoms with Crippen LogP contribution in [0.3, 0.4) is 0 Å².